The van der Waals surface area contributed by atoms with Crippen molar-refractivity contribution in [3.05, 3.63) is 88.4 Å². The van der Waals surface area contributed by atoms with Gasteiger partial charge in [0, 0.05) is 5.69 Å². The minimum atomic E-state index is -0.745. The molecule has 3 aromatic rings. The van der Waals surface area contributed by atoms with E-state index in [-0.39, 0.29) is 10.9 Å². The van der Waals surface area contributed by atoms with Crippen LogP contribution in [0.4, 0.5) is 5.69 Å². The van der Waals surface area contributed by atoms with Gasteiger partial charge in [0.1, 0.15) is 23.1 Å². The Labute approximate surface area is 174 Å². The molecule has 0 saturated carbocycles. The first-order valence-corrected chi connectivity index (χ1v) is 9.47. The fraction of sp³-hybridized carbons (Fsp3) is 0.136. The summed E-state index contributed by atoms with van der Waals surface area (Å²) in [6.07, 6.45) is -0.745. The van der Waals surface area contributed by atoms with E-state index in [0.29, 0.717) is 23.1 Å². The molecule has 6 heteroatoms. The molecule has 1 atom stereocenters. The number of carbonyl (C=O) groups is 1. The molecule has 1 amide bonds. The highest BCUT2D eigenvalue weighted by Gasteiger charge is 2.17. The van der Waals surface area contributed by atoms with Crippen molar-refractivity contribution in [1.82, 2.24) is 0 Å². The normalized spacial score (nSPS) is 11.5. The summed E-state index contributed by atoms with van der Waals surface area (Å²) in [4.78, 5) is 12.4. The van der Waals surface area contributed by atoms with Crippen molar-refractivity contribution in [3.8, 4) is 11.5 Å². The van der Waals surface area contributed by atoms with Crippen molar-refractivity contribution in [2.45, 2.75) is 19.6 Å². The Morgan fingerprint density at radius 3 is 2.39 bits per heavy atom. The summed E-state index contributed by atoms with van der Waals surface area (Å²) < 4.78 is 11.4. The van der Waals surface area contributed by atoms with Gasteiger partial charge in [-0.2, -0.15) is 0 Å². The Balaban J connectivity index is 1.54. The Hall–Kier alpha value is -2.69. The topological polar surface area (TPSA) is 47.6 Å². The minimum absolute atomic E-state index is 0.281. The zero-order valence-corrected chi connectivity index (χ0v) is 16.7. The molecule has 28 heavy (non-hydrogen) atoms. The van der Waals surface area contributed by atoms with Crippen LogP contribution in [0.1, 0.15) is 12.5 Å². The van der Waals surface area contributed by atoms with Crippen molar-refractivity contribution in [2.24, 2.45) is 0 Å². The molecule has 0 aliphatic rings. The van der Waals surface area contributed by atoms with E-state index in [1.54, 1.807) is 49.4 Å². The fourth-order valence-corrected chi connectivity index (χ4v) is 2.77. The van der Waals surface area contributed by atoms with Crippen LogP contribution in [-0.2, 0) is 11.4 Å². The maximum absolute atomic E-state index is 12.4. The third kappa shape index (κ3) is 5.41. The third-order valence-corrected chi connectivity index (χ3v) is 4.76. The summed E-state index contributed by atoms with van der Waals surface area (Å²) in [5, 5.41) is 3.46. The lowest BCUT2D eigenvalue weighted by atomic mass is 10.2. The van der Waals surface area contributed by atoms with Gasteiger partial charge in [0.15, 0.2) is 6.10 Å². The number of ether oxygens (including phenoxy) is 2. The van der Waals surface area contributed by atoms with E-state index in [0.717, 1.165) is 11.3 Å². The van der Waals surface area contributed by atoms with Gasteiger partial charge in [0.05, 0.1) is 5.02 Å². The van der Waals surface area contributed by atoms with Crippen molar-refractivity contribution < 1.29 is 14.3 Å². The van der Waals surface area contributed by atoms with Gasteiger partial charge in [-0.15, -0.1) is 0 Å². The third-order valence-electron chi connectivity index (χ3n) is 3.96. The molecule has 0 spiro atoms. The summed E-state index contributed by atoms with van der Waals surface area (Å²) in [5.74, 6) is 0.785. The number of benzene rings is 3. The van der Waals surface area contributed by atoms with Crippen LogP contribution in [0.2, 0.25) is 10.0 Å². The van der Waals surface area contributed by atoms with Crippen molar-refractivity contribution in [2.75, 3.05) is 5.32 Å². The Morgan fingerprint density at radius 2 is 1.68 bits per heavy atom. The predicted octanol–water partition coefficient (Wildman–Crippen LogP) is 5.98. The van der Waals surface area contributed by atoms with Crippen molar-refractivity contribution in [1.29, 1.82) is 0 Å². The molecule has 0 aromatic heterocycles. The van der Waals surface area contributed by atoms with Gasteiger partial charge in [-0.1, -0.05) is 59.6 Å². The molecular formula is C22H19Cl2NO3. The van der Waals surface area contributed by atoms with Crippen LogP contribution < -0.4 is 14.8 Å². The lowest BCUT2D eigenvalue weighted by Crippen LogP contribution is -2.30. The highest BCUT2D eigenvalue weighted by molar-refractivity contribution is 6.42. The van der Waals surface area contributed by atoms with Crippen LogP contribution in [0.3, 0.4) is 0 Å². The largest absolute Gasteiger partial charge is 0.489 e. The minimum Gasteiger partial charge on any atom is -0.489 e. The van der Waals surface area contributed by atoms with E-state index in [1.165, 1.54) is 0 Å². The number of rotatable bonds is 7. The molecule has 0 heterocycles. The molecule has 0 saturated heterocycles. The maximum Gasteiger partial charge on any atom is 0.265 e. The first kappa shape index (κ1) is 20.1. The number of hydrogen-bond donors (Lipinski definition) is 1. The second kappa shape index (κ2) is 9.49. The van der Waals surface area contributed by atoms with Crippen LogP contribution in [0.15, 0.2) is 72.8 Å². The molecule has 0 unspecified atom stereocenters. The number of nitrogens with one attached hydrogen (secondary N) is 1. The van der Waals surface area contributed by atoms with E-state index in [1.807, 2.05) is 30.3 Å². The quantitative estimate of drug-likeness (QED) is 0.516. The monoisotopic (exact) mass is 415 g/mol. The van der Waals surface area contributed by atoms with Crippen molar-refractivity contribution >= 4 is 34.8 Å². The molecule has 3 rings (SSSR count). The number of carbonyl (C=O) groups excluding carboxylic acids is 1. The predicted molar refractivity (Wildman–Crippen MR) is 112 cm³/mol. The smallest absolute Gasteiger partial charge is 0.265 e. The maximum atomic E-state index is 12.4. The first-order valence-electron chi connectivity index (χ1n) is 8.71. The fourth-order valence-electron chi connectivity index (χ4n) is 2.44. The number of anilines is 1. The molecule has 4 nitrogen and oxygen atoms in total. The van der Waals surface area contributed by atoms with Gasteiger partial charge >= 0.3 is 0 Å². The van der Waals surface area contributed by atoms with Gasteiger partial charge in [-0.3, -0.25) is 4.79 Å². The Kier molecular flexibility index (Phi) is 6.80. The van der Waals surface area contributed by atoms with Crippen LogP contribution in [0, 0.1) is 0 Å². The zero-order chi connectivity index (χ0) is 19.9. The van der Waals surface area contributed by atoms with Gasteiger partial charge in [0.25, 0.3) is 5.91 Å². The van der Waals surface area contributed by atoms with E-state index in [2.05, 4.69) is 5.32 Å². The Bertz CT molecular complexity index is 930. The molecule has 0 aliphatic carbocycles. The lowest BCUT2D eigenvalue weighted by Gasteiger charge is -2.16. The average Bonchev–Trinajstić information content (AvgIpc) is 2.71. The molecular weight excluding hydrogens is 397 g/mol. The van der Waals surface area contributed by atoms with Crippen LogP contribution >= 0.6 is 23.2 Å². The summed E-state index contributed by atoms with van der Waals surface area (Å²) >= 11 is 12.1. The number of halogens is 2. The zero-order valence-electron chi connectivity index (χ0n) is 15.2. The van der Waals surface area contributed by atoms with Gasteiger partial charge in [-0.25, -0.2) is 0 Å². The van der Waals surface area contributed by atoms with E-state index >= 15 is 0 Å². The summed E-state index contributed by atoms with van der Waals surface area (Å²) in [6.45, 7) is 2.13. The second-order valence-corrected chi connectivity index (χ2v) is 6.89. The summed E-state index contributed by atoms with van der Waals surface area (Å²) in [6, 6.07) is 22.1. The van der Waals surface area contributed by atoms with E-state index in [4.69, 9.17) is 32.7 Å². The molecule has 0 radical (unpaired) electrons. The number of amides is 1. The summed E-state index contributed by atoms with van der Waals surface area (Å²) in [5.41, 5.74) is 1.73. The van der Waals surface area contributed by atoms with Crippen LogP contribution in [0.5, 0.6) is 11.5 Å². The highest BCUT2D eigenvalue weighted by Crippen LogP contribution is 2.32. The average molecular weight is 416 g/mol. The molecule has 0 aliphatic heterocycles. The van der Waals surface area contributed by atoms with Crippen LogP contribution in [0.25, 0.3) is 0 Å². The van der Waals surface area contributed by atoms with Gasteiger partial charge in [-0.05, 0) is 48.9 Å². The van der Waals surface area contributed by atoms with Gasteiger partial charge in [0.2, 0.25) is 0 Å². The van der Waals surface area contributed by atoms with E-state index in [9.17, 15) is 4.79 Å². The molecule has 3 aromatic carbocycles. The van der Waals surface area contributed by atoms with Crippen molar-refractivity contribution in [3.63, 3.8) is 0 Å². The SMILES string of the molecule is C[C@@H](Oc1cccc(Cl)c1Cl)C(=O)Nc1ccc(OCc2ccccc2)cc1. The molecule has 0 fully saturated rings. The second-order valence-electron chi connectivity index (χ2n) is 6.10. The standard InChI is InChI=1S/C22H19Cl2NO3/c1-15(28-20-9-5-8-19(23)21(20)24)22(26)25-17-10-12-18(13-11-17)27-14-16-6-3-2-4-7-16/h2-13,15H,14H2,1H3,(H,25,26)/t15-/m1/s1. The highest BCUT2D eigenvalue weighted by atomic mass is 35.5. The summed E-state index contributed by atoms with van der Waals surface area (Å²) in [7, 11) is 0. The van der Waals surface area contributed by atoms with Gasteiger partial charge < -0.3 is 14.8 Å². The van der Waals surface area contributed by atoms with E-state index < -0.39 is 6.10 Å². The molecule has 144 valence electrons. The lowest BCUT2D eigenvalue weighted by molar-refractivity contribution is -0.122. The first-order chi connectivity index (χ1) is 13.5. The molecule has 1 N–H and O–H groups in total. The molecule has 0 bridgehead atoms. The van der Waals surface area contributed by atoms with Crippen LogP contribution in [-0.4, -0.2) is 12.0 Å². The Morgan fingerprint density at radius 1 is 0.964 bits per heavy atom. The number of hydrogen-bond acceptors (Lipinski definition) is 3.